The molecule has 1 N–H and O–H groups in total. The molecule has 2 aromatic carbocycles. The molecule has 0 aliphatic carbocycles. The topological polar surface area (TPSA) is 109 Å². The van der Waals surface area contributed by atoms with E-state index >= 15 is 0 Å². The first-order chi connectivity index (χ1) is 16.1. The van der Waals surface area contributed by atoms with E-state index in [0.29, 0.717) is 16.0 Å². The van der Waals surface area contributed by atoms with Crippen LogP contribution in [0.15, 0.2) is 52.2 Å². The standard InChI is InChI=1S/C23H26N4O5S2/c1-15(2)27-20-9-8-19(14-21(20)33-23(27)30)34(31,32)26-12-10-25(11-13-26)22(29)17-4-6-18(7-5-17)24-16(3)28/h4-9,14-15H,10-13H2,1-3H3,(H,24,28). The number of aromatic nitrogens is 1. The number of nitrogens with one attached hydrogen (secondary N) is 1. The fourth-order valence-electron chi connectivity index (χ4n) is 4.03. The molecule has 2 heterocycles. The molecule has 0 radical (unpaired) electrons. The predicted octanol–water partition coefficient (Wildman–Crippen LogP) is 2.75. The number of hydrogen-bond acceptors (Lipinski definition) is 6. The number of piperazine rings is 1. The zero-order valence-corrected chi connectivity index (χ0v) is 20.8. The summed E-state index contributed by atoms with van der Waals surface area (Å²) in [5.41, 5.74) is 1.80. The van der Waals surface area contributed by atoms with Crippen molar-refractivity contribution < 1.29 is 18.0 Å². The highest BCUT2D eigenvalue weighted by Crippen LogP contribution is 2.26. The molecule has 0 bridgehead atoms. The average molecular weight is 503 g/mol. The third-order valence-electron chi connectivity index (χ3n) is 5.72. The summed E-state index contributed by atoms with van der Waals surface area (Å²) in [6, 6.07) is 11.4. The summed E-state index contributed by atoms with van der Waals surface area (Å²) in [7, 11) is -3.76. The number of sulfonamides is 1. The van der Waals surface area contributed by atoms with Gasteiger partial charge in [-0.2, -0.15) is 4.31 Å². The van der Waals surface area contributed by atoms with Crippen molar-refractivity contribution in [2.24, 2.45) is 0 Å². The third kappa shape index (κ3) is 4.63. The number of anilines is 1. The van der Waals surface area contributed by atoms with Crippen LogP contribution < -0.4 is 10.2 Å². The molecule has 180 valence electrons. The van der Waals surface area contributed by atoms with E-state index in [4.69, 9.17) is 0 Å². The van der Waals surface area contributed by atoms with Gasteiger partial charge in [0.2, 0.25) is 15.9 Å². The molecule has 1 fully saturated rings. The molecule has 4 rings (SSSR count). The Morgan fingerprint density at radius 3 is 2.24 bits per heavy atom. The summed E-state index contributed by atoms with van der Waals surface area (Å²) in [5.74, 6) is -0.380. The molecule has 1 aliphatic rings. The van der Waals surface area contributed by atoms with Crippen molar-refractivity contribution >= 4 is 49.1 Å². The lowest BCUT2D eigenvalue weighted by Gasteiger charge is -2.34. The maximum atomic E-state index is 13.2. The number of benzene rings is 2. The van der Waals surface area contributed by atoms with Crippen LogP contribution >= 0.6 is 11.3 Å². The maximum Gasteiger partial charge on any atom is 0.308 e. The van der Waals surface area contributed by atoms with Gasteiger partial charge < -0.3 is 10.2 Å². The van der Waals surface area contributed by atoms with Crippen molar-refractivity contribution in [1.29, 1.82) is 0 Å². The van der Waals surface area contributed by atoms with Gasteiger partial charge in [0.15, 0.2) is 0 Å². The molecule has 1 aliphatic heterocycles. The van der Waals surface area contributed by atoms with E-state index in [1.165, 1.54) is 17.3 Å². The summed E-state index contributed by atoms with van der Waals surface area (Å²) in [5, 5.41) is 2.65. The normalized spacial score (nSPS) is 15.1. The summed E-state index contributed by atoms with van der Waals surface area (Å²) in [4.78, 5) is 37.9. The Bertz CT molecular complexity index is 1400. The Hall–Kier alpha value is -3.02. The quantitative estimate of drug-likeness (QED) is 0.577. The van der Waals surface area contributed by atoms with Gasteiger partial charge in [-0.1, -0.05) is 11.3 Å². The average Bonchev–Trinajstić information content (AvgIpc) is 3.14. The fourth-order valence-corrected chi connectivity index (χ4v) is 6.60. The molecule has 9 nitrogen and oxygen atoms in total. The summed E-state index contributed by atoms with van der Waals surface area (Å²) < 4.78 is 30.1. The lowest BCUT2D eigenvalue weighted by Crippen LogP contribution is -2.50. The van der Waals surface area contributed by atoms with Crippen molar-refractivity contribution in [2.75, 3.05) is 31.5 Å². The number of carbonyl (C=O) groups excluding carboxylic acids is 2. The molecule has 0 atom stereocenters. The monoisotopic (exact) mass is 502 g/mol. The van der Waals surface area contributed by atoms with Gasteiger partial charge in [-0.15, -0.1) is 0 Å². The molecule has 0 saturated carbocycles. The van der Waals surface area contributed by atoms with Crippen molar-refractivity contribution in [1.82, 2.24) is 13.8 Å². The molecule has 1 saturated heterocycles. The van der Waals surface area contributed by atoms with Crippen molar-refractivity contribution in [3.63, 3.8) is 0 Å². The van der Waals surface area contributed by atoms with E-state index < -0.39 is 10.0 Å². The molecule has 3 aromatic rings. The molecule has 1 aromatic heterocycles. The molecule has 34 heavy (non-hydrogen) atoms. The Morgan fingerprint density at radius 2 is 1.65 bits per heavy atom. The van der Waals surface area contributed by atoms with E-state index in [0.717, 1.165) is 16.9 Å². The van der Waals surface area contributed by atoms with Gasteiger partial charge in [-0.05, 0) is 56.3 Å². The zero-order valence-electron chi connectivity index (χ0n) is 19.1. The van der Waals surface area contributed by atoms with E-state index in [1.807, 2.05) is 13.8 Å². The van der Waals surface area contributed by atoms with E-state index in [1.54, 1.807) is 45.9 Å². The van der Waals surface area contributed by atoms with Gasteiger partial charge in [0.05, 0.1) is 15.1 Å². The summed E-state index contributed by atoms with van der Waals surface area (Å²) in [6.45, 7) is 6.13. The first-order valence-electron chi connectivity index (χ1n) is 10.9. The minimum absolute atomic E-state index is 0.0177. The van der Waals surface area contributed by atoms with Crippen molar-refractivity contribution in [3.05, 3.63) is 57.7 Å². The fraction of sp³-hybridized carbons (Fsp3) is 0.348. The Balaban J connectivity index is 1.46. The van der Waals surface area contributed by atoms with Gasteiger partial charge in [-0.3, -0.25) is 19.0 Å². The molecule has 11 heteroatoms. The highest BCUT2D eigenvalue weighted by atomic mass is 32.2. The van der Waals surface area contributed by atoms with Gasteiger partial charge in [-0.25, -0.2) is 8.42 Å². The van der Waals surface area contributed by atoms with Gasteiger partial charge in [0.25, 0.3) is 5.91 Å². The highest BCUT2D eigenvalue weighted by molar-refractivity contribution is 7.89. The van der Waals surface area contributed by atoms with E-state index in [-0.39, 0.29) is 53.8 Å². The Morgan fingerprint density at radius 1 is 1.00 bits per heavy atom. The maximum absolute atomic E-state index is 13.2. The van der Waals surface area contributed by atoms with Crippen LogP contribution in [0.3, 0.4) is 0 Å². The van der Waals surface area contributed by atoms with Crippen molar-refractivity contribution in [2.45, 2.75) is 31.7 Å². The van der Waals surface area contributed by atoms with Crippen LogP contribution in [0.5, 0.6) is 0 Å². The van der Waals surface area contributed by atoms with E-state index in [9.17, 15) is 22.8 Å². The molecule has 0 unspecified atom stereocenters. The van der Waals surface area contributed by atoms with Gasteiger partial charge >= 0.3 is 4.87 Å². The second-order valence-electron chi connectivity index (χ2n) is 8.42. The van der Waals surface area contributed by atoms with Crippen LogP contribution in [0.25, 0.3) is 10.2 Å². The first kappa shape index (κ1) is 24.1. The van der Waals surface area contributed by atoms with Crippen molar-refractivity contribution in [3.8, 4) is 0 Å². The van der Waals surface area contributed by atoms with Crippen LogP contribution in [0.4, 0.5) is 5.69 Å². The van der Waals surface area contributed by atoms with Crippen LogP contribution in [0.2, 0.25) is 0 Å². The summed E-state index contributed by atoms with van der Waals surface area (Å²) >= 11 is 1.04. The van der Waals surface area contributed by atoms with Crippen LogP contribution in [0.1, 0.15) is 37.2 Å². The van der Waals surface area contributed by atoms with Gasteiger partial charge in [0, 0.05) is 50.4 Å². The second kappa shape index (κ2) is 9.32. The number of amides is 2. The minimum Gasteiger partial charge on any atom is -0.336 e. The number of nitrogens with zero attached hydrogens (tertiary/aromatic N) is 3. The second-order valence-corrected chi connectivity index (χ2v) is 11.3. The number of carbonyl (C=O) groups is 2. The van der Waals surface area contributed by atoms with Crippen LogP contribution in [0, 0.1) is 0 Å². The number of rotatable bonds is 5. The lowest BCUT2D eigenvalue weighted by atomic mass is 10.1. The zero-order chi connectivity index (χ0) is 24.6. The number of thiazole rings is 1. The van der Waals surface area contributed by atoms with E-state index in [2.05, 4.69) is 5.32 Å². The highest BCUT2D eigenvalue weighted by Gasteiger charge is 2.31. The number of hydrogen-bond donors (Lipinski definition) is 1. The molecule has 2 amide bonds. The smallest absolute Gasteiger partial charge is 0.308 e. The largest absolute Gasteiger partial charge is 0.336 e. The minimum atomic E-state index is -3.76. The third-order valence-corrected chi connectivity index (χ3v) is 8.53. The lowest BCUT2D eigenvalue weighted by molar-refractivity contribution is -0.114. The van der Waals surface area contributed by atoms with Crippen LogP contribution in [-0.4, -0.2) is 60.2 Å². The first-order valence-corrected chi connectivity index (χ1v) is 13.2. The Labute approximate surface area is 201 Å². The van der Waals surface area contributed by atoms with Crippen LogP contribution in [-0.2, 0) is 14.8 Å². The summed E-state index contributed by atoms with van der Waals surface area (Å²) in [6.07, 6.45) is 0. The SMILES string of the molecule is CC(=O)Nc1ccc(C(=O)N2CCN(S(=O)(=O)c3ccc4c(c3)sc(=O)n4C(C)C)CC2)cc1. The predicted molar refractivity (Wildman–Crippen MR) is 132 cm³/mol. The Kier molecular flexibility index (Phi) is 6.61. The molecule has 0 spiro atoms. The number of fused-ring (bicyclic) bond motifs is 1. The molecular formula is C23H26N4O5S2. The van der Waals surface area contributed by atoms with Gasteiger partial charge in [0.1, 0.15) is 0 Å². The molecular weight excluding hydrogens is 476 g/mol.